The van der Waals surface area contributed by atoms with Gasteiger partial charge in [-0.2, -0.15) is 0 Å². The van der Waals surface area contributed by atoms with Crippen LogP contribution in [0.5, 0.6) is 0 Å². The second-order valence-corrected chi connectivity index (χ2v) is 3.96. The second kappa shape index (κ2) is 3.48. The molecule has 0 saturated heterocycles. The summed E-state index contributed by atoms with van der Waals surface area (Å²) in [6.45, 7) is 2.17. The highest BCUT2D eigenvalue weighted by molar-refractivity contribution is 5.85. The maximum atomic E-state index is 10.9. The minimum atomic E-state index is -0.822. The van der Waals surface area contributed by atoms with Crippen molar-refractivity contribution in [3.63, 3.8) is 0 Å². The zero-order valence-electron chi connectivity index (χ0n) is 8.31. The van der Waals surface area contributed by atoms with E-state index in [2.05, 4.69) is 6.92 Å². The molecule has 1 aromatic heterocycles. The summed E-state index contributed by atoms with van der Waals surface area (Å²) in [5, 5.41) is 8.93. The minimum Gasteiger partial charge on any atom is -0.477 e. The van der Waals surface area contributed by atoms with Crippen molar-refractivity contribution in [3.05, 3.63) is 24.0 Å². The van der Waals surface area contributed by atoms with E-state index in [1.165, 1.54) is 12.8 Å². The van der Waals surface area contributed by atoms with Crippen LogP contribution in [0.3, 0.4) is 0 Å². The van der Waals surface area contributed by atoms with E-state index in [0.29, 0.717) is 17.7 Å². The Bertz CT molecular complexity index is 343. The lowest BCUT2D eigenvalue weighted by Crippen LogP contribution is -2.06. The molecule has 1 aliphatic rings. The molecule has 2 rings (SSSR count). The first-order chi connectivity index (χ1) is 6.74. The van der Waals surface area contributed by atoms with E-state index in [9.17, 15) is 4.79 Å². The molecule has 0 bridgehead atoms. The van der Waals surface area contributed by atoms with Crippen LogP contribution in [0.1, 0.15) is 42.7 Å². The second-order valence-electron chi connectivity index (χ2n) is 3.96. The molecular weight excluding hydrogens is 178 g/mol. The zero-order chi connectivity index (χ0) is 10.1. The molecular formula is C11H15NO2. The number of carboxylic acid groups (broad SMARTS) is 1. The van der Waals surface area contributed by atoms with Gasteiger partial charge in [-0.25, -0.2) is 4.79 Å². The van der Waals surface area contributed by atoms with Gasteiger partial charge < -0.3 is 9.67 Å². The average Bonchev–Trinajstić information content (AvgIpc) is 2.74. The SMILES string of the molecule is CCCC1CC1n1cccc1C(=O)O. The van der Waals surface area contributed by atoms with Crippen LogP contribution in [0.25, 0.3) is 0 Å². The Hall–Kier alpha value is -1.25. The smallest absolute Gasteiger partial charge is 0.352 e. The average molecular weight is 193 g/mol. The summed E-state index contributed by atoms with van der Waals surface area (Å²) in [5.41, 5.74) is 0.425. The summed E-state index contributed by atoms with van der Waals surface area (Å²) in [6.07, 6.45) is 5.42. The lowest BCUT2D eigenvalue weighted by molar-refractivity contribution is 0.0684. The van der Waals surface area contributed by atoms with Gasteiger partial charge in [0.2, 0.25) is 0 Å². The molecule has 0 radical (unpaired) electrons. The topological polar surface area (TPSA) is 42.2 Å². The van der Waals surface area contributed by atoms with E-state index in [-0.39, 0.29) is 0 Å². The molecule has 3 heteroatoms. The zero-order valence-corrected chi connectivity index (χ0v) is 8.31. The number of carboxylic acids is 1. The van der Waals surface area contributed by atoms with Crippen molar-refractivity contribution in [1.29, 1.82) is 0 Å². The highest BCUT2D eigenvalue weighted by atomic mass is 16.4. The van der Waals surface area contributed by atoms with Gasteiger partial charge in [-0.15, -0.1) is 0 Å². The third kappa shape index (κ3) is 1.54. The van der Waals surface area contributed by atoms with Gasteiger partial charge in [0.05, 0.1) is 0 Å². The number of hydrogen-bond acceptors (Lipinski definition) is 1. The predicted octanol–water partition coefficient (Wildman–Crippen LogP) is 2.55. The summed E-state index contributed by atoms with van der Waals surface area (Å²) in [7, 11) is 0. The summed E-state index contributed by atoms with van der Waals surface area (Å²) in [6, 6.07) is 3.92. The molecule has 3 nitrogen and oxygen atoms in total. The monoisotopic (exact) mass is 193 g/mol. The molecule has 14 heavy (non-hydrogen) atoms. The van der Waals surface area contributed by atoms with Crippen molar-refractivity contribution in [2.45, 2.75) is 32.2 Å². The first-order valence-electron chi connectivity index (χ1n) is 5.14. The molecule has 1 saturated carbocycles. The maximum absolute atomic E-state index is 10.9. The van der Waals surface area contributed by atoms with E-state index >= 15 is 0 Å². The maximum Gasteiger partial charge on any atom is 0.352 e. The Labute approximate surface area is 83.4 Å². The van der Waals surface area contributed by atoms with Crippen molar-refractivity contribution in [2.75, 3.05) is 0 Å². The Morgan fingerprint density at radius 1 is 1.71 bits per heavy atom. The first-order valence-corrected chi connectivity index (χ1v) is 5.14. The van der Waals surface area contributed by atoms with Gasteiger partial charge in [0.1, 0.15) is 5.69 Å². The fraction of sp³-hybridized carbons (Fsp3) is 0.545. The molecule has 0 spiro atoms. The van der Waals surface area contributed by atoms with Crippen LogP contribution in [-0.2, 0) is 0 Å². The van der Waals surface area contributed by atoms with Crippen LogP contribution in [0.4, 0.5) is 0 Å². The molecule has 1 fully saturated rings. The van der Waals surface area contributed by atoms with Gasteiger partial charge >= 0.3 is 5.97 Å². The Morgan fingerprint density at radius 3 is 3.14 bits per heavy atom. The summed E-state index contributed by atoms with van der Waals surface area (Å²) >= 11 is 0. The van der Waals surface area contributed by atoms with Crippen molar-refractivity contribution >= 4 is 5.97 Å². The molecule has 1 N–H and O–H groups in total. The first kappa shape index (κ1) is 9.31. The number of aromatic carboxylic acids is 1. The molecule has 76 valence electrons. The van der Waals surface area contributed by atoms with Gasteiger partial charge in [0.25, 0.3) is 0 Å². The number of rotatable bonds is 4. The van der Waals surface area contributed by atoms with Gasteiger partial charge in [-0.3, -0.25) is 0 Å². The van der Waals surface area contributed by atoms with E-state index < -0.39 is 5.97 Å². The van der Waals surface area contributed by atoms with Crippen molar-refractivity contribution < 1.29 is 9.90 Å². The molecule has 2 atom stereocenters. The Balaban J connectivity index is 2.11. The normalized spacial score (nSPS) is 24.9. The molecule has 0 aromatic carbocycles. The summed E-state index contributed by atoms with van der Waals surface area (Å²) in [5.74, 6) is -0.123. The predicted molar refractivity (Wildman–Crippen MR) is 53.4 cm³/mol. The quantitative estimate of drug-likeness (QED) is 0.798. The number of nitrogens with zero attached hydrogens (tertiary/aromatic N) is 1. The van der Waals surface area contributed by atoms with Crippen LogP contribution >= 0.6 is 0 Å². The molecule has 1 aromatic rings. The summed E-state index contributed by atoms with van der Waals surface area (Å²) in [4.78, 5) is 10.9. The van der Waals surface area contributed by atoms with Crippen molar-refractivity contribution in [3.8, 4) is 0 Å². The number of carbonyl (C=O) groups is 1. The highest BCUT2D eigenvalue weighted by Crippen LogP contribution is 2.46. The third-order valence-corrected chi connectivity index (χ3v) is 2.90. The molecule has 0 amide bonds. The Kier molecular flexibility index (Phi) is 2.32. The summed E-state index contributed by atoms with van der Waals surface area (Å²) < 4.78 is 1.91. The number of aromatic nitrogens is 1. The lowest BCUT2D eigenvalue weighted by Gasteiger charge is -2.04. The van der Waals surface area contributed by atoms with Crippen LogP contribution in [0, 0.1) is 5.92 Å². The standard InChI is InChI=1S/C11H15NO2/c1-2-4-8-7-10(8)12-6-3-5-9(12)11(13)14/h3,5-6,8,10H,2,4,7H2,1H3,(H,13,14). The van der Waals surface area contributed by atoms with Crippen LogP contribution in [-0.4, -0.2) is 15.6 Å². The molecule has 1 heterocycles. The van der Waals surface area contributed by atoms with Crippen LogP contribution in [0.2, 0.25) is 0 Å². The molecule has 0 aliphatic heterocycles. The van der Waals surface area contributed by atoms with E-state index in [4.69, 9.17) is 5.11 Å². The van der Waals surface area contributed by atoms with E-state index in [1.54, 1.807) is 6.07 Å². The van der Waals surface area contributed by atoms with Crippen LogP contribution < -0.4 is 0 Å². The highest BCUT2D eigenvalue weighted by Gasteiger charge is 2.38. The van der Waals surface area contributed by atoms with Gasteiger partial charge in [0, 0.05) is 12.2 Å². The van der Waals surface area contributed by atoms with Crippen molar-refractivity contribution in [1.82, 2.24) is 4.57 Å². The van der Waals surface area contributed by atoms with Gasteiger partial charge in [0.15, 0.2) is 0 Å². The fourth-order valence-corrected chi connectivity index (χ4v) is 2.12. The molecule has 2 unspecified atom stereocenters. The van der Waals surface area contributed by atoms with E-state index in [1.807, 2.05) is 16.8 Å². The molecule has 1 aliphatic carbocycles. The lowest BCUT2D eigenvalue weighted by atomic mass is 10.2. The third-order valence-electron chi connectivity index (χ3n) is 2.90. The fourth-order valence-electron chi connectivity index (χ4n) is 2.12. The van der Waals surface area contributed by atoms with Gasteiger partial charge in [-0.05, 0) is 30.9 Å². The van der Waals surface area contributed by atoms with E-state index in [0.717, 1.165) is 6.42 Å². The Morgan fingerprint density at radius 2 is 2.50 bits per heavy atom. The van der Waals surface area contributed by atoms with Crippen LogP contribution in [0.15, 0.2) is 18.3 Å². The minimum absolute atomic E-state index is 0.425. The van der Waals surface area contributed by atoms with Gasteiger partial charge in [-0.1, -0.05) is 13.3 Å². The number of hydrogen-bond donors (Lipinski definition) is 1. The van der Waals surface area contributed by atoms with Crippen molar-refractivity contribution in [2.24, 2.45) is 5.92 Å². The largest absolute Gasteiger partial charge is 0.477 e.